The molecular weight excluding hydrogens is 298 g/mol. The van der Waals surface area contributed by atoms with E-state index in [-0.39, 0.29) is 36.2 Å². The van der Waals surface area contributed by atoms with E-state index >= 15 is 0 Å². The van der Waals surface area contributed by atoms with Crippen LogP contribution in [0.2, 0.25) is 0 Å². The summed E-state index contributed by atoms with van der Waals surface area (Å²) >= 11 is 0. The van der Waals surface area contributed by atoms with Crippen LogP contribution in [0.25, 0.3) is 0 Å². The fourth-order valence-corrected chi connectivity index (χ4v) is 3.51. The van der Waals surface area contributed by atoms with Crippen molar-refractivity contribution in [3.63, 3.8) is 0 Å². The molecule has 23 heavy (non-hydrogen) atoms. The van der Waals surface area contributed by atoms with E-state index < -0.39 is 12.3 Å². The SMILES string of the molecule is CCOC(=O)[C@@H]1N[C@H](c2ccccc2)C2C(=O)[C@H](OC)OCC21. The van der Waals surface area contributed by atoms with Crippen molar-refractivity contribution >= 4 is 11.8 Å². The van der Waals surface area contributed by atoms with Crippen molar-refractivity contribution in [3.05, 3.63) is 35.9 Å². The van der Waals surface area contributed by atoms with Crippen molar-refractivity contribution in [1.82, 2.24) is 5.32 Å². The number of ether oxygens (including phenoxy) is 3. The van der Waals surface area contributed by atoms with Crippen molar-refractivity contribution in [2.45, 2.75) is 25.3 Å². The van der Waals surface area contributed by atoms with E-state index in [0.717, 1.165) is 5.56 Å². The fraction of sp³-hybridized carbons (Fsp3) is 0.529. The lowest BCUT2D eigenvalue weighted by Gasteiger charge is -2.32. The van der Waals surface area contributed by atoms with Gasteiger partial charge in [0, 0.05) is 25.0 Å². The highest BCUT2D eigenvalue weighted by Gasteiger charge is 2.54. The summed E-state index contributed by atoms with van der Waals surface area (Å²) in [7, 11) is 1.45. The number of Topliss-reactive ketones (excluding diaryl/α,β-unsaturated/α-hetero) is 1. The zero-order valence-corrected chi connectivity index (χ0v) is 13.2. The lowest BCUT2D eigenvalue weighted by Crippen LogP contribution is -2.47. The molecular formula is C17H21NO5. The summed E-state index contributed by atoms with van der Waals surface area (Å²) in [6.45, 7) is 2.36. The number of methoxy groups -OCH3 is 1. The lowest BCUT2D eigenvalue weighted by molar-refractivity contribution is -0.187. The minimum atomic E-state index is -0.870. The van der Waals surface area contributed by atoms with Crippen LogP contribution in [0, 0.1) is 11.8 Å². The highest BCUT2D eigenvalue weighted by Crippen LogP contribution is 2.42. The fourth-order valence-electron chi connectivity index (χ4n) is 3.51. The van der Waals surface area contributed by atoms with Gasteiger partial charge in [-0.25, -0.2) is 0 Å². The second kappa shape index (κ2) is 6.78. The third-order valence-corrected chi connectivity index (χ3v) is 4.52. The Kier molecular flexibility index (Phi) is 4.75. The molecule has 6 heteroatoms. The smallest absolute Gasteiger partial charge is 0.323 e. The number of fused-ring (bicyclic) bond motifs is 1. The number of carbonyl (C=O) groups excluding carboxylic acids is 2. The number of rotatable bonds is 4. The van der Waals surface area contributed by atoms with Gasteiger partial charge in [-0.05, 0) is 12.5 Å². The van der Waals surface area contributed by atoms with Crippen LogP contribution in [0.5, 0.6) is 0 Å². The van der Waals surface area contributed by atoms with E-state index in [4.69, 9.17) is 14.2 Å². The second-order valence-electron chi connectivity index (χ2n) is 5.78. The highest BCUT2D eigenvalue weighted by molar-refractivity contribution is 5.89. The molecule has 5 atom stereocenters. The predicted molar refractivity (Wildman–Crippen MR) is 81.5 cm³/mol. The molecule has 2 saturated heterocycles. The van der Waals surface area contributed by atoms with Gasteiger partial charge in [-0.2, -0.15) is 0 Å². The Labute approximate surface area is 135 Å². The number of ketones is 1. The summed E-state index contributed by atoms with van der Waals surface area (Å²) in [5, 5.41) is 3.28. The molecule has 2 fully saturated rings. The van der Waals surface area contributed by atoms with Gasteiger partial charge in [0.1, 0.15) is 6.04 Å². The average molecular weight is 319 g/mol. The second-order valence-corrected chi connectivity index (χ2v) is 5.78. The first-order valence-corrected chi connectivity index (χ1v) is 7.83. The van der Waals surface area contributed by atoms with E-state index in [1.54, 1.807) is 6.92 Å². The quantitative estimate of drug-likeness (QED) is 0.837. The van der Waals surface area contributed by atoms with Crippen LogP contribution >= 0.6 is 0 Å². The summed E-state index contributed by atoms with van der Waals surface area (Å²) in [4.78, 5) is 25.0. The predicted octanol–water partition coefficient (Wildman–Crippen LogP) is 1.07. The van der Waals surface area contributed by atoms with E-state index in [1.807, 2.05) is 30.3 Å². The molecule has 2 unspecified atom stereocenters. The topological polar surface area (TPSA) is 73.9 Å². The maximum atomic E-state index is 12.7. The van der Waals surface area contributed by atoms with Crippen LogP contribution in [0.3, 0.4) is 0 Å². The highest BCUT2D eigenvalue weighted by atomic mass is 16.7. The van der Waals surface area contributed by atoms with Gasteiger partial charge in [0.25, 0.3) is 0 Å². The van der Waals surface area contributed by atoms with Gasteiger partial charge in [0.05, 0.1) is 13.2 Å². The summed E-state index contributed by atoms with van der Waals surface area (Å²) in [5.41, 5.74) is 0.972. The zero-order chi connectivity index (χ0) is 16.4. The molecule has 0 aliphatic carbocycles. The number of hydrogen-bond acceptors (Lipinski definition) is 6. The molecule has 0 amide bonds. The summed E-state index contributed by atoms with van der Waals surface area (Å²) in [5.74, 6) is -1.09. The number of esters is 1. The maximum Gasteiger partial charge on any atom is 0.323 e. The van der Waals surface area contributed by atoms with Gasteiger partial charge < -0.3 is 14.2 Å². The number of nitrogens with one attached hydrogen (secondary N) is 1. The molecule has 2 heterocycles. The molecule has 0 aromatic heterocycles. The van der Waals surface area contributed by atoms with Crippen molar-refractivity contribution < 1.29 is 23.8 Å². The molecule has 1 aromatic rings. The Morgan fingerprint density at radius 1 is 1.35 bits per heavy atom. The normalized spacial score (nSPS) is 33.3. The van der Waals surface area contributed by atoms with Crippen LogP contribution in [0.1, 0.15) is 18.5 Å². The number of carbonyl (C=O) groups is 2. The van der Waals surface area contributed by atoms with Gasteiger partial charge in [-0.3, -0.25) is 14.9 Å². The van der Waals surface area contributed by atoms with Crippen LogP contribution < -0.4 is 5.32 Å². The van der Waals surface area contributed by atoms with Crippen molar-refractivity contribution in [3.8, 4) is 0 Å². The van der Waals surface area contributed by atoms with E-state index in [2.05, 4.69) is 5.32 Å². The maximum absolute atomic E-state index is 12.7. The van der Waals surface area contributed by atoms with Gasteiger partial charge in [-0.15, -0.1) is 0 Å². The van der Waals surface area contributed by atoms with Crippen LogP contribution in [-0.2, 0) is 23.8 Å². The monoisotopic (exact) mass is 319 g/mol. The van der Waals surface area contributed by atoms with Crippen LogP contribution in [0.15, 0.2) is 30.3 Å². The van der Waals surface area contributed by atoms with Gasteiger partial charge in [0.2, 0.25) is 6.29 Å². The molecule has 0 radical (unpaired) electrons. The molecule has 6 nitrogen and oxygen atoms in total. The van der Waals surface area contributed by atoms with E-state index in [9.17, 15) is 9.59 Å². The molecule has 1 aromatic carbocycles. The molecule has 0 saturated carbocycles. The first-order valence-electron chi connectivity index (χ1n) is 7.83. The Balaban J connectivity index is 1.92. The molecule has 0 spiro atoms. The standard InChI is InChI=1S/C17H21NO5/c1-3-22-16(20)14-11-9-23-17(21-2)15(19)12(11)13(18-14)10-7-5-4-6-8-10/h4-8,11-14,17-18H,3,9H2,1-2H3/t11?,12?,13-,14-,17-/m1/s1. The minimum Gasteiger partial charge on any atom is -0.465 e. The third-order valence-electron chi connectivity index (χ3n) is 4.52. The number of benzene rings is 1. The molecule has 2 aliphatic heterocycles. The Hall–Kier alpha value is -1.76. The van der Waals surface area contributed by atoms with Gasteiger partial charge >= 0.3 is 5.97 Å². The average Bonchev–Trinajstić information content (AvgIpc) is 2.97. The lowest BCUT2D eigenvalue weighted by atomic mass is 9.80. The van der Waals surface area contributed by atoms with Crippen LogP contribution in [-0.4, -0.2) is 44.4 Å². The molecule has 124 valence electrons. The van der Waals surface area contributed by atoms with Crippen LogP contribution in [0.4, 0.5) is 0 Å². The zero-order valence-electron chi connectivity index (χ0n) is 13.2. The molecule has 0 bridgehead atoms. The Bertz CT molecular complexity index is 576. The van der Waals surface area contributed by atoms with Gasteiger partial charge in [-0.1, -0.05) is 30.3 Å². The van der Waals surface area contributed by atoms with Crippen molar-refractivity contribution in [1.29, 1.82) is 0 Å². The van der Waals surface area contributed by atoms with Crippen molar-refractivity contribution in [2.24, 2.45) is 11.8 Å². The minimum absolute atomic E-state index is 0.128. The Morgan fingerprint density at radius 3 is 2.74 bits per heavy atom. The Morgan fingerprint density at radius 2 is 2.09 bits per heavy atom. The molecule has 2 aliphatic rings. The third kappa shape index (κ3) is 2.89. The first-order chi connectivity index (χ1) is 11.2. The molecule has 1 N–H and O–H groups in total. The summed E-state index contributed by atoms with van der Waals surface area (Å²) in [6.07, 6.45) is -0.870. The molecule has 3 rings (SSSR count). The van der Waals surface area contributed by atoms with E-state index in [0.29, 0.717) is 6.61 Å². The summed E-state index contributed by atoms with van der Waals surface area (Å²) in [6, 6.07) is 8.86. The van der Waals surface area contributed by atoms with Crippen molar-refractivity contribution in [2.75, 3.05) is 20.3 Å². The van der Waals surface area contributed by atoms with E-state index in [1.165, 1.54) is 7.11 Å². The summed E-state index contributed by atoms with van der Waals surface area (Å²) < 4.78 is 15.7. The number of hydrogen-bond donors (Lipinski definition) is 1. The largest absolute Gasteiger partial charge is 0.465 e. The van der Waals surface area contributed by atoms with Gasteiger partial charge in [0.15, 0.2) is 5.78 Å². The first kappa shape index (κ1) is 16.1.